The molecule has 0 radical (unpaired) electrons. The minimum atomic E-state index is -0.0898. The maximum absolute atomic E-state index is 11.9. The van der Waals surface area contributed by atoms with Crippen molar-refractivity contribution in [2.75, 3.05) is 33.8 Å². The van der Waals surface area contributed by atoms with Crippen LogP contribution in [-0.4, -0.2) is 61.4 Å². The lowest BCUT2D eigenvalue weighted by Crippen LogP contribution is -2.42. The molecule has 0 spiro atoms. The largest absolute Gasteiger partial charge is 0.497 e. The van der Waals surface area contributed by atoms with Crippen molar-refractivity contribution in [2.45, 2.75) is 32.7 Å². The van der Waals surface area contributed by atoms with Gasteiger partial charge in [-0.3, -0.25) is 19.5 Å². The van der Waals surface area contributed by atoms with Gasteiger partial charge in [-0.25, -0.2) is 0 Å². The second kappa shape index (κ2) is 9.79. The Labute approximate surface area is 155 Å². The van der Waals surface area contributed by atoms with Crippen LogP contribution in [0.15, 0.2) is 29.3 Å². The maximum atomic E-state index is 11.9. The van der Waals surface area contributed by atoms with Crippen LogP contribution in [0.5, 0.6) is 5.75 Å². The molecule has 0 bridgehead atoms. The summed E-state index contributed by atoms with van der Waals surface area (Å²) in [4.78, 5) is 31.6. The fourth-order valence-corrected chi connectivity index (χ4v) is 2.85. The topological polar surface area (TPSA) is 74.2 Å². The first kappa shape index (κ1) is 19.8. The zero-order chi connectivity index (χ0) is 18.9. The van der Waals surface area contributed by atoms with E-state index in [-0.39, 0.29) is 11.8 Å². The molecule has 26 heavy (non-hydrogen) atoms. The Hall–Kier alpha value is -2.57. The van der Waals surface area contributed by atoms with Gasteiger partial charge in [-0.15, -0.1) is 0 Å². The Kier molecular flexibility index (Phi) is 7.44. The molecule has 1 aromatic rings. The van der Waals surface area contributed by atoms with Gasteiger partial charge in [0, 0.05) is 39.5 Å². The number of amides is 2. The summed E-state index contributed by atoms with van der Waals surface area (Å²) < 4.78 is 5.18. The van der Waals surface area contributed by atoms with E-state index in [1.165, 1.54) is 4.90 Å². The highest BCUT2D eigenvalue weighted by Gasteiger charge is 2.25. The van der Waals surface area contributed by atoms with E-state index in [9.17, 15) is 9.59 Å². The fraction of sp³-hybridized carbons (Fsp3) is 0.526. The van der Waals surface area contributed by atoms with E-state index in [1.807, 2.05) is 43.1 Å². The molecule has 1 aromatic carbocycles. The second-order valence-electron chi connectivity index (χ2n) is 6.23. The van der Waals surface area contributed by atoms with Gasteiger partial charge in [-0.2, -0.15) is 0 Å². The van der Waals surface area contributed by atoms with Gasteiger partial charge in [0.05, 0.1) is 13.7 Å². The van der Waals surface area contributed by atoms with Gasteiger partial charge in [-0.05, 0) is 31.0 Å². The van der Waals surface area contributed by atoms with Crippen LogP contribution in [0.3, 0.4) is 0 Å². The van der Waals surface area contributed by atoms with Crippen LogP contribution >= 0.6 is 0 Å². The van der Waals surface area contributed by atoms with Crippen molar-refractivity contribution >= 4 is 17.8 Å². The summed E-state index contributed by atoms with van der Waals surface area (Å²) in [5.41, 5.74) is 1.14. The predicted octanol–water partition coefficient (Wildman–Crippen LogP) is 1.63. The number of methoxy groups -OCH3 is 1. The van der Waals surface area contributed by atoms with Gasteiger partial charge < -0.3 is 15.0 Å². The van der Waals surface area contributed by atoms with E-state index in [0.29, 0.717) is 38.9 Å². The first-order chi connectivity index (χ1) is 12.5. The number of nitrogens with zero attached hydrogens (tertiary/aromatic N) is 3. The Bertz CT molecular complexity index is 627. The zero-order valence-corrected chi connectivity index (χ0v) is 15.8. The molecule has 0 saturated carbocycles. The fourth-order valence-electron chi connectivity index (χ4n) is 2.85. The van der Waals surface area contributed by atoms with Gasteiger partial charge in [0.25, 0.3) is 0 Å². The zero-order valence-electron chi connectivity index (χ0n) is 15.8. The lowest BCUT2D eigenvalue weighted by Gasteiger charge is -2.25. The molecule has 2 rings (SSSR count). The Morgan fingerprint density at radius 2 is 1.88 bits per heavy atom. The average molecular weight is 360 g/mol. The van der Waals surface area contributed by atoms with Crippen molar-refractivity contribution < 1.29 is 14.3 Å². The third kappa shape index (κ3) is 5.47. The number of hydrogen-bond acceptors (Lipinski definition) is 4. The molecule has 0 atom stereocenters. The van der Waals surface area contributed by atoms with Crippen LogP contribution in [0.4, 0.5) is 0 Å². The Morgan fingerprint density at radius 3 is 2.46 bits per heavy atom. The standard InChI is InChI=1S/C19H28N4O3/c1-4-20-19(21-12-13-23-17(24)6-5-7-18(23)25)22(2)14-15-8-10-16(26-3)11-9-15/h8-11H,4-7,12-14H2,1-3H3,(H,20,21). The number of carbonyl (C=O) groups is 2. The molecule has 1 aliphatic heterocycles. The summed E-state index contributed by atoms with van der Waals surface area (Å²) in [6.45, 7) is 4.18. The molecule has 142 valence electrons. The minimum Gasteiger partial charge on any atom is -0.497 e. The van der Waals surface area contributed by atoms with Crippen molar-refractivity contribution in [1.82, 2.24) is 15.1 Å². The van der Waals surface area contributed by atoms with Crippen molar-refractivity contribution in [1.29, 1.82) is 0 Å². The monoisotopic (exact) mass is 360 g/mol. The lowest BCUT2D eigenvalue weighted by atomic mass is 10.1. The predicted molar refractivity (Wildman–Crippen MR) is 101 cm³/mol. The number of hydrogen-bond donors (Lipinski definition) is 1. The smallest absolute Gasteiger partial charge is 0.229 e. The van der Waals surface area contributed by atoms with Crippen LogP contribution in [0, 0.1) is 0 Å². The number of nitrogens with one attached hydrogen (secondary N) is 1. The second-order valence-corrected chi connectivity index (χ2v) is 6.23. The molecule has 7 heteroatoms. The number of likely N-dealkylation sites (tertiary alicyclic amines) is 1. The molecule has 2 amide bonds. The Morgan fingerprint density at radius 1 is 1.23 bits per heavy atom. The SMILES string of the molecule is CCNC(=NCCN1C(=O)CCCC1=O)N(C)Cc1ccc(OC)cc1. The molecule has 1 saturated heterocycles. The highest BCUT2D eigenvalue weighted by molar-refractivity contribution is 5.97. The number of piperidine rings is 1. The lowest BCUT2D eigenvalue weighted by molar-refractivity contribution is -0.147. The number of imide groups is 1. The van der Waals surface area contributed by atoms with E-state index < -0.39 is 0 Å². The number of benzene rings is 1. The maximum Gasteiger partial charge on any atom is 0.229 e. The highest BCUT2D eigenvalue weighted by atomic mass is 16.5. The molecule has 1 heterocycles. The van der Waals surface area contributed by atoms with Crippen LogP contribution in [0.25, 0.3) is 0 Å². The average Bonchev–Trinajstić information content (AvgIpc) is 2.64. The molecular weight excluding hydrogens is 332 g/mol. The van der Waals surface area contributed by atoms with Crippen molar-refractivity contribution in [3.8, 4) is 5.75 Å². The summed E-state index contributed by atoms with van der Waals surface area (Å²) in [5.74, 6) is 1.40. The van der Waals surface area contributed by atoms with E-state index >= 15 is 0 Å². The van der Waals surface area contributed by atoms with Gasteiger partial charge in [0.15, 0.2) is 5.96 Å². The van der Waals surface area contributed by atoms with E-state index in [2.05, 4.69) is 10.3 Å². The van der Waals surface area contributed by atoms with Gasteiger partial charge in [-0.1, -0.05) is 12.1 Å². The highest BCUT2D eigenvalue weighted by Crippen LogP contribution is 2.13. The molecule has 1 aliphatic rings. The summed E-state index contributed by atoms with van der Waals surface area (Å²) in [6.07, 6.45) is 1.56. The summed E-state index contributed by atoms with van der Waals surface area (Å²) >= 11 is 0. The van der Waals surface area contributed by atoms with Gasteiger partial charge in [0.1, 0.15) is 5.75 Å². The summed E-state index contributed by atoms with van der Waals surface area (Å²) in [5, 5.41) is 3.25. The first-order valence-electron chi connectivity index (χ1n) is 9.00. The molecule has 0 aromatic heterocycles. The van der Waals surface area contributed by atoms with Crippen LogP contribution < -0.4 is 10.1 Å². The molecule has 1 N–H and O–H groups in total. The van der Waals surface area contributed by atoms with Crippen molar-refractivity contribution in [3.63, 3.8) is 0 Å². The summed E-state index contributed by atoms with van der Waals surface area (Å²) in [7, 11) is 3.61. The molecule has 0 aliphatic carbocycles. The molecule has 1 fully saturated rings. The first-order valence-corrected chi connectivity index (χ1v) is 9.00. The van der Waals surface area contributed by atoms with E-state index in [0.717, 1.165) is 23.8 Å². The minimum absolute atomic E-state index is 0.0898. The van der Waals surface area contributed by atoms with Gasteiger partial charge >= 0.3 is 0 Å². The van der Waals surface area contributed by atoms with Crippen LogP contribution in [0.1, 0.15) is 31.7 Å². The van der Waals surface area contributed by atoms with Gasteiger partial charge in [0.2, 0.25) is 11.8 Å². The molecule has 0 unspecified atom stereocenters. The molecule has 7 nitrogen and oxygen atoms in total. The summed E-state index contributed by atoms with van der Waals surface area (Å²) in [6, 6.07) is 7.90. The van der Waals surface area contributed by atoms with Crippen LogP contribution in [-0.2, 0) is 16.1 Å². The number of carbonyl (C=O) groups excluding carboxylic acids is 2. The van der Waals surface area contributed by atoms with Crippen molar-refractivity contribution in [2.24, 2.45) is 4.99 Å². The van der Waals surface area contributed by atoms with Crippen LogP contribution in [0.2, 0.25) is 0 Å². The third-order valence-electron chi connectivity index (χ3n) is 4.24. The van der Waals surface area contributed by atoms with E-state index in [4.69, 9.17) is 4.74 Å². The number of aliphatic imine (C=N–C) groups is 1. The number of guanidine groups is 1. The van der Waals surface area contributed by atoms with E-state index in [1.54, 1.807) is 7.11 Å². The quantitative estimate of drug-likeness (QED) is 0.454. The normalized spacial score (nSPS) is 15.2. The van der Waals surface area contributed by atoms with Crippen molar-refractivity contribution in [3.05, 3.63) is 29.8 Å². The number of rotatable bonds is 7. The Balaban J connectivity index is 1.95. The number of ether oxygens (including phenoxy) is 1. The molecular formula is C19H28N4O3. The third-order valence-corrected chi connectivity index (χ3v) is 4.24.